The number of H-pyrrole nitrogens is 1. The molecule has 0 saturated carbocycles. The van der Waals surface area contributed by atoms with Gasteiger partial charge in [0.05, 0.1) is 46.3 Å². The van der Waals surface area contributed by atoms with Crippen LogP contribution >= 0.6 is 34.8 Å². The molecule has 2 heterocycles. The molecule has 0 fully saturated rings. The number of amides is 2. The molecule has 61 heavy (non-hydrogen) atoms. The van der Waals surface area contributed by atoms with E-state index in [1.807, 2.05) is 91.2 Å². The Morgan fingerprint density at radius 1 is 0.639 bits per heavy atom. The van der Waals surface area contributed by atoms with Crippen molar-refractivity contribution in [2.24, 2.45) is 0 Å². The number of carbonyl (C=O) groups is 2. The van der Waals surface area contributed by atoms with E-state index in [1.54, 1.807) is 0 Å². The second-order valence-electron chi connectivity index (χ2n) is 13.6. The van der Waals surface area contributed by atoms with Crippen LogP contribution in [0.5, 0.6) is 0 Å². The van der Waals surface area contributed by atoms with E-state index < -0.39 is 35.1 Å². The lowest BCUT2D eigenvalue weighted by Crippen LogP contribution is -2.33. The summed E-state index contributed by atoms with van der Waals surface area (Å²) in [6, 6.07) is 22.6. The molecule has 0 unspecified atom stereocenters. The number of halogens is 7. The van der Waals surface area contributed by atoms with E-state index in [1.165, 1.54) is 34.1 Å². The quantitative estimate of drug-likeness (QED) is 0.0561. The summed E-state index contributed by atoms with van der Waals surface area (Å²) in [6.45, 7) is 5.84. The number of allylic oxidation sites excluding steroid dienone is 4. The molecule has 2 aromatic heterocycles. The predicted molar refractivity (Wildman–Crippen MR) is 238 cm³/mol. The zero-order chi connectivity index (χ0) is 44.1. The van der Waals surface area contributed by atoms with Crippen LogP contribution in [0.4, 0.5) is 17.6 Å². The van der Waals surface area contributed by atoms with E-state index in [9.17, 15) is 27.2 Å². The first-order valence-electron chi connectivity index (χ1n) is 19.9. The molecule has 6 rings (SSSR count). The van der Waals surface area contributed by atoms with Crippen molar-refractivity contribution in [3.63, 3.8) is 0 Å². The van der Waals surface area contributed by atoms with Crippen molar-refractivity contribution in [2.75, 3.05) is 30.7 Å². The molecular weight excluding hydrogens is 851 g/mol. The van der Waals surface area contributed by atoms with Gasteiger partial charge in [-0.05, 0) is 61.4 Å². The maximum absolute atomic E-state index is 14.3. The van der Waals surface area contributed by atoms with Gasteiger partial charge in [0.2, 0.25) is 0 Å². The molecule has 0 atom stereocenters. The summed E-state index contributed by atoms with van der Waals surface area (Å²) in [6.07, 6.45) is 10.7. The van der Waals surface area contributed by atoms with Gasteiger partial charge in [-0.1, -0.05) is 87.4 Å². The smallest absolute Gasteiger partial charge is 0.257 e. The van der Waals surface area contributed by atoms with Gasteiger partial charge in [-0.2, -0.15) is 0 Å². The van der Waals surface area contributed by atoms with Gasteiger partial charge < -0.3 is 19.4 Å². The number of nitrogens with one attached hydrogen (secondary N) is 1. The fourth-order valence-electron chi connectivity index (χ4n) is 6.13. The number of fused-ring (bicyclic) bond motifs is 2. The van der Waals surface area contributed by atoms with E-state index in [4.69, 9.17) is 34.8 Å². The molecule has 8 nitrogen and oxygen atoms in total. The molecule has 0 spiro atoms. The van der Waals surface area contributed by atoms with Crippen LogP contribution in [0.1, 0.15) is 71.9 Å². The molecule has 6 aromatic rings. The van der Waals surface area contributed by atoms with Crippen LogP contribution < -0.4 is 0 Å². The summed E-state index contributed by atoms with van der Waals surface area (Å²) in [5.41, 5.74) is 2.90. The average Bonchev–Trinajstić information content (AvgIpc) is 3.85. The third-order valence-electron chi connectivity index (χ3n) is 9.24. The molecule has 324 valence electrons. The number of para-hydroxylation sites is 4. The van der Waals surface area contributed by atoms with Crippen molar-refractivity contribution in [1.82, 2.24) is 29.3 Å². The minimum absolute atomic E-state index is 0.193. The Labute approximate surface area is 368 Å². The summed E-state index contributed by atoms with van der Waals surface area (Å²) in [7, 11) is 0. The number of carbonyl (C=O) groups excluding carboxylic acids is 2. The average molecular weight is 900 g/mol. The van der Waals surface area contributed by atoms with Crippen molar-refractivity contribution in [3.8, 4) is 0 Å². The predicted octanol–water partition coefficient (Wildman–Crippen LogP) is 11.9. The number of nitrogens with zero attached hydrogens (tertiary/aromatic N) is 5. The van der Waals surface area contributed by atoms with Gasteiger partial charge in [0, 0.05) is 37.3 Å². The van der Waals surface area contributed by atoms with E-state index in [0.717, 1.165) is 59.9 Å². The van der Waals surface area contributed by atoms with Crippen molar-refractivity contribution < 1.29 is 27.2 Å². The Morgan fingerprint density at radius 3 is 1.69 bits per heavy atom. The monoisotopic (exact) mass is 898 g/mol. The number of hydrogen-bond donors (Lipinski definition) is 1. The highest BCUT2D eigenvalue weighted by atomic mass is 35.5. The number of alkyl halides is 3. The number of aromatic nitrogens is 4. The maximum Gasteiger partial charge on any atom is 0.257 e. The summed E-state index contributed by atoms with van der Waals surface area (Å²) >= 11 is 16.2. The van der Waals surface area contributed by atoms with Crippen molar-refractivity contribution >= 4 is 68.7 Å². The zero-order valence-electron chi connectivity index (χ0n) is 34.1. The Morgan fingerprint density at radius 2 is 1.15 bits per heavy atom. The molecule has 0 aliphatic carbocycles. The van der Waals surface area contributed by atoms with E-state index >= 15 is 0 Å². The van der Waals surface area contributed by atoms with E-state index in [-0.39, 0.29) is 24.2 Å². The highest BCUT2D eigenvalue weighted by Gasteiger charge is 2.24. The van der Waals surface area contributed by atoms with Crippen LogP contribution in [0.2, 0.25) is 0 Å². The summed E-state index contributed by atoms with van der Waals surface area (Å²) in [4.78, 5) is 41.1. The highest BCUT2D eigenvalue weighted by Crippen LogP contribution is 2.21. The second-order valence-corrected chi connectivity index (χ2v) is 14.5. The standard InChI is InChI=1S/C23H24ClF2N3O.C19H19F2N3O.C4H6Cl2/c1-2-3-14-28(23(30)17-9-8-10-18(25)22(17)26)16-21-27-19-11-4-5-12-20(19)29(21)15-7-6-13-24;1-2-3-11-24(19(25)13-7-6-8-14(20)18(13)21)12-17-22-15-9-4-5-10-16(15)23-17;5-3-1-2-4-6/h4-12H,2-3,13-16H2,1H3;4-10H,2-3,11-12H2,1H3,(H,22,23);1-2H,3-4H2/b7-6-;;2-1-. The lowest BCUT2D eigenvalue weighted by Gasteiger charge is -2.23. The SMILES string of the molecule is CCCCN(Cc1nc2ccccc2[nH]1)C(=O)c1cccc(F)c1F.CCCCN(Cc1nc2ccccc2n1C/C=C\CCl)C(=O)c1cccc(F)c1F.ClC/C=C\CCl. The van der Waals surface area contributed by atoms with Gasteiger partial charge in [0.25, 0.3) is 11.8 Å². The summed E-state index contributed by atoms with van der Waals surface area (Å²) in [5.74, 6) is -2.55. The fourth-order valence-corrected chi connectivity index (χ4v) is 6.51. The van der Waals surface area contributed by atoms with Crippen LogP contribution in [0.15, 0.2) is 109 Å². The Hall–Kier alpha value is -5.17. The van der Waals surface area contributed by atoms with Crippen LogP contribution in [0, 0.1) is 23.3 Å². The number of imidazole rings is 2. The number of benzene rings is 4. The Kier molecular flexibility index (Phi) is 20.3. The van der Waals surface area contributed by atoms with Crippen LogP contribution in [0.3, 0.4) is 0 Å². The van der Waals surface area contributed by atoms with Crippen molar-refractivity contribution in [3.05, 3.63) is 155 Å². The fraction of sp³-hybridized carbons (Fsp3) is 0.304. The van der Waals surface area contributed by atoms with Crippen LogP contribution in [-0.4, -0.2) is 71.9 Å². The van der Waals surface area contributed by atoms with Gasteiger partial charge in [0.1, 0.15) is 11.6 Å². The minimum Gasteiger partial charge on any atom is -0.340 e. The number of aromatic amines is 1. The molecule has 2 amide bonds. The van der Waals surface area contributed by atoms with E-state index in [2.05, 4.69) is 15.0 Å². The molecular formula is C46H49Cl3F4N6O2. The number of hydrogen-bond acceptors (Lipinski definition) is 4. The normalized spacial score (nSPS) is 11.2. The highest BCUT2D eigenvalue weighted by molar-refractivity contribution is 6.20. The first-order chi connectivity index (χ1) is 29.6. The molecule has 0 radical (unpaired) electrons. The molecule has 1 N–H and O–H groups in total. The third-order valence-corrected chi connectivity index (χ3v) is 9.77. The Balaban J connectivity index is 0.000000240. The summed E-state index contributed by atoms with van der Waals surface area (Å²) < 4.78 is 57.4. The largest absolute Gasteiger partial charge is 0.340 e. The number of unbranched alkanes of at least 4 members (excludes halogenated alkanes) is 2. The second kappa shape index (κ2) is 25.6. The van der Waals surface area contributed by atoms with Crippen LogP contribution in [-0.2, 0) is 19.6 Å². The lowest BCUT2D eigenvalue weighted by atomic mass is 10.1. The molecule has 0 saturated heterocycles. The molecule has 0 aliphatic heterocycles. The zero-order valence-corrected chi connectivity index (χ0v) is 36.3. The van der Waals surface area contributed by atoms with Gasteiger partial charge in [0.15, 0.2) is 23.3 Å². The molecule has 0 aliphatic rings. The van der Waals surface area contributed by atoms with Crippen molar-refractivity contribution in [1.29, 1.82) is 0 Å². The lowest BCUT2D eigenvalue weighted by molar-refractivity contribution is 0.0723. The topological polar surface area (TPSA) is 87.1 Å². The summed E-state index contributed by atoms with van der Waals surface area (Å²) in [5, 5.41) is 0. The first-order valence-corrected chi connectivity index (χ1v) is 21.5. The van der Waals surface area contributed by atoms with Gasteiger partial charge >= 0.3 is 0 Å². The van der Waals surface area contributed by atoms with Crippen LogP contribution in [0.25, 0.3) is 22.1 Å². The first kappa shape index (κ1) is 48.5. The van der Waals surface area contributed by atoms with Gasteiger partial charge in [-0.25, -0.2) is 27.5 Å². The van der Waals surface area contributed by atoms with E-state index in [0.29, 0.717) is 48.9 Å². The maximum atomic E-state index is 14.3. The Bertz CT molecular complexity index is 2350. The minimum atomic E-state index is -1.12. The molecule has 0 bridgehead atoms. The number of rotatable bonds is 17. The molecule has 4 aromatic carbocycles. The van der Waals surface area contributed by atoms with Gasteiger partial charge in [-0.15, -0.1) is 34.8 Å². The third kappa shape index (κ3) is 13.9. The van der Waals surface area contributed by atoms with Gasteiger partial charge in [-0.3, -0.25) is 9.59 Å². The van der Waals surface area contributed by atoms with Crippen molar-refractivity contribution in [2.45, 2.75) is 59.2 Å². The molecule has 15 heteroatoms.